The Balaban J connectivity index is 1.48. The number of halogens is 3. The molecule has 0 spiro atoms. The van der Waals surface area contributed by atoms with Crippen molar-refractivity contribution in [2.75, 3.05) is 9.80 Å². The SMILES string of the molecule is Cc1cc(N(c2ccc(C(C)(C)C)cc2)c2ccc(C(C)(C)C)cc2)c(Cl)c(N(c2ccc(C(C)(C)c3ccc(F)c(F)c3)cc2)c2ccc(C(C)(C)C)cc2-c2ccccc2)c1. The number of benzene rings is 7. The predicted molar refractivity (Wildman–Crippen MR) is 266 cm³/mol. The zero-order chi connectivity index (χ0) is 45.6. The highest BCUT2D eigenvalue weighted by atomic mass is 35.5. The first-order chi connectivity index (χ1) is 29.5. The maximum absolute atomic E-state index is 14.6. The van der Waals surface area contributed by atoms with Crippen LogP contribution in [0.1, 0.15) is 110 Å². The largest absolute Gasteiger partial charge is 0.309 e. The Bertz CT molecular complexity index is 2660. The molecule has 0 bridgehead atoms. The lowest BCUT2D eigenvalue weighted by atomic mass is 9.78. The van der Waals surface area contributed by atoms with Gasteiger partial charge in [-0.3, -0.25) is 0 Å². The fourth-order valence-electron chi connectivity index (χ4n) is 8.24. The molecule has 0 aliphatic carbocycles. The lowest BCUT2D eigenvalue weighted by Gasteiger charge is -2.34. The average Bonchev–Trinajstić information content (AvgIpc) is 3.23. The van der Waals surface area contributed by atoms with E-state index in [9.17, 15) is 8.78 Å². The molecule has 2 nitrogen and oxygen atoms in total. The summed E-state index contributed by atoms with van der Waals surface area (Å²) in [6.07, 6.45) is 0. The van der Waals surface area contributed by atoms with Gasteiger partial charge >= 0.3 is 0 Å². The minimum Gasteiger partial charge on any atom is -0.309 e. The molecule has 0 amide bonds. The Labute approximate surface area is 380 Å². The van der Waals surface area contributed by atoms with Crippen molar-refractivity contribution in [1.82, 2.24) is 0 Å². The Kier molecular flexibility index (Phi) is 12.3. The van der Waals surface area contributed by atoms with E-state index in [-0.39, 0.29) is 16.2 Å². The molecular weight excluding hydrogens is 798 g/mol. The summed E-state index contributed by atoms with van der Waals surface area (Å²) in [7, 11) is 0. The highest BCUT2D eigenvalue weighted by Gasteiger charge is 2.29. The molecule has 63 heavy (non-hydrogen) atoms. The molecule has 0 aliphatic rings. The van der Waals surface area contributed by atoms with Crippen LogP contribution in [0.15, 0.2) is 152 Å². The van der Waals surface area contributed by atoms with Gasteiger partial charge in [-0.05, 0) is 135 Å². The minimum atomic E-state index is -0.857. The third-order valence-electron chi connectivity index (χ3n) is 12.3. The molecule has 0 unspecified atom stereocenters. The van der Waals surface area contributed by atoms with Gasteiger partial charge in [0.15, 0.2) is 11.6 Å². The molecule has 0 radical (unpaired) electrons. The average molecular weight is 860 g/mol. The van der Waals surface area contributed by atoms with Gasteiger partial charge < -0.3 is 9.80 Å². The summed E-state index contributed by atoms with van der Waals surface area (Å²) < 4.78 is 28.6. The van der Waals surface area contributed by atoms with Gasteiger partial charge in [0.25, 0.3) is 0 Å². The number of anilines is 6. The summed E-state index contributed by atoms with van der Waals surface area (Å²) in [5.74, 6) is -1.71. The molecule has 7 rings (SSSR count). The van der Waals surface area contributed by atoms with Gasteiger partial charge in [0, 0.05) is 28.0 Å². The summed E-state index contributed by atoms with van der Waals surface area (Å²) in [5.41, 5.74) is 13.4. The van der Waals surface area contributed by atoms with Crippen LogP contribution in [-0.4, -0.2) is 0 Å². The van der Waals surface area contributed by atoms with Crippen molar-refractivity contribution < 1.29 is 8.78 Å². The molecule has 0 heterocycles. The molecule has 0 fully saturated rings. The van der Waals surface area contributed by atoms with E-state index >= 15 is 0 Å². The third kappa shape index (κ3) is 9.48. The van der Waals surface area contributed by atoms with E-state index in [0.29, 0.717) is 10.6 Å². The van der Waals surface area contributed by atoms with E-state index < -0.39 is 17.0 Å². The summed E-state index contributed by atoms with van der Waals surface area (Å²) in [6.45, 7) is 26.3. The molecule has 5 heteroatoms. The van der Waals surface area contributed by atoms with Gasteiger partial charge in [0.05, 0.1) is 22.1 Å². The first-order valence-corrected chi connectivity index (χ1v) is 22.3. The van der Waals surface area contributed by atoms with Crippen LogP contribution in [0, 0.1) is 18.6 Å². The fourth-order valence-corrected chi connectivity index (χ4v) is 8.52. The standard InChI is InChI=1S/C58H61ClF2N2/c1-38-34-52(62(45-26-18-40(19-27-45)55(2,3)4)46-28-20-41(21-29-46)56(5,6)7)54(59)53(35-38)63(51-33-25-43(57(8,9)10)36-48(51)39-16-14-13-15-17-39)47-30-22-42(23-31-47)58(11,12)44-24-32-49(60)50(61)37-44/h13-37H,1-12H3. The van der Waals surface area contributed by atoms with Crippen molar-refractivity contribution in [3.05, 3.63) is 202 Å². The normalized spacial score (nSPS) is 12.4. The van der Waals surface area contributed by atoms with Crippen LogP contribution >= 0.6 is 11.6 Å². The van der Waals surface area contributed by atoms with Crippen molar-refractivity contribution in [2.45, 2.75) is 105 Å². The number of hydrogen-bond donors (Lipinski definition) is 0. The minimum absolute atomic E-state index is 0.00860. The summed E-state index contributed by atoms with van der Waals surface area (Å²) in [6, 6.07) is 51.8. The number of aryl methyl sites for hydroxylation is 1. The van der Waals surface area contributed by atoms with E-state index in [4.69, 9.17) is 11.6 Å². The maximum atomic E-state index is 14.6. The molecule has 0 aromatic heterocycles. The molecule has 0 atom stereocenters. The Hall–Kier alpha value is -5.71. The zero-order valence-corrected chi connectivity index (χ0v) is 39.7. The number of rotatable bonds is 9. The fraction of sp³-hybridized carbons (Fsp3) is 0.276. The summed E-state index contributed by atoms with van der Waals surface area (Å²) >= 11 is 7.94. The molecule has 7 aromatic rings. The Morgan fingerprint density at radius 2 is 0.825 bits per heavy atom. The maximum Gasteiger partial charge on any atom is 0.159 e. The van der Waals surface area contributed by atoms with Crippen molar-refractivity contribution in [3.8, 4) is 11.1 Å². The third-order valence-corrected chi connectivity index (χ3v) is 12.7. The first kappa shape index (κ1) is 45.3. The summed E-state index contributed by atoms with van der Waals surface area (Å²) in [4.78, 5) is 4.54. The van der Waals surface area contributed by atoms with Crippen molar-refractivity contribution in [2.24, 2.45) is 0 Å². The van der Waals surface area contributed by atoms with E-state index in [2.05, 4.69) is 206 Å². The molecule has 0 saturated carbocycles. The number of hydrogen-bond acceptors (Lipinski definition) is 2. The number of nitrogens with zero attached hydrogens (tertiary/aromatic N) is 2. The molecule has 7 aromatic carbocycles. The second-order valence-electron chi connectivity index (χ2n) is 20.5. The zero-order valence-electron chi connectivity index (χ0n) is 39.0. The van der Waals surface area contributed by atoms with E-state index in [1.807, 2.05) is 19.9 Å². The second-order valence-corrected chi connectivity index (χ2v) is 20.9. The van der Waals surface area contributed by atoms with Gasteiger partial charge in [-0.2, -0.15) is 0 Å². The van der Waals surface area contributed by atoms with Crippen molar-refractivity contribution in [3.63, 3.8) is 0 Å². The van der Waals surface area contributed by atoms with Gasteiger partial charge in [0.1, 0.15) is 0 Å². The van der Waals surface area contributed by atoms with Crippen LogP contribution in [0.25, 0.3) is 11.1 Å². The van der Waals surface area contributed by atoms with Gasteiger partial charge in [0.2, 0.25) is 0 Å². The first-order valence-electron chi connectivity index (χ1n) is 21.9. The van der Waals surface area contributed by atoms with Crippen molar-refractivity contribution in [1.29, 1.82) is 0 Å². The van der Waals surface area contributed by atoms with Gasteiger partial charge in [-0.25, -0.2) is 8.78 Å². The quantitative estimate of drug-likeness (QED) is 0.143. The van der Waals surface area contributed by atoms with Crippen LogP contribution in [0.4, 0.5) is 42.9 Å². The molecule has 0 N–H and O–H groups in total. The van der Waals surface area contributed by atoms with Crippen molar-refractivity contribution >= 4 is 45.7 Å². The molecule has 324 valence electrons. The van der Waals surface area contributed by atoms with Crippen LogP contribution in [0.3, 0.4) is 0 Å². The Morgan fingerprint density at radius 1 is 0.397 bits per heavy atom. The Morgan fingerprint density at radius 3 is 1.30 bits per heavy atom. The topological polar surface area (TPSA) is 6.48 Å². The summed E-state index contributed by atoms with van der Waals surface area (Å²) in [5, 5.41) is 0.588. The molecule has 0 saturated heterocycles. The van der Waals surface area contributed by atoms with Crippen LogP contribution in [-0.2, 0) is 21.7 Å². The van der Waals surface area contributed by atoms with Crippen LogP contribution in [0.5, 0.6) is 0 Å². The van der Waals surface area contributed by atoms with E-state index in [1.54, 1.807) is 6.07 Å². The highest BCUT2D eigenvalue weighted by molar-refractivity contribution is 6.36. The monoisotopic (exact) mass is 858 g/mol. The lowest BCUT2D eigenvalue weighted by Crippen LogP contribution is -2.20. The van der Waals surface area contributed by atoms with E-state index in [1.165, 1.54) is 28.8 Å². The molecular formula is C58H61ClF2N2. The molecule has 0 aliphatic heterocycles. The van der Waals surface area contributed by atoms with Gasteiger partial charge in [-0.15, -0.1) is 0 Å². The van der Waals surface area contributed by atoms with Crippen LogP contribution < -0.4 is 9.80 Å². The van der Waals surface area contributed by atoms with Gasteiger partial charge in [-0.1, -0.05) is 167 Å². The lowest BCUT2D eigenvalue weighted by molar-refractivity contribution is 0.502. The predicted octanol–water partition coefficient (Wildman–Crippen LogP) is 17.8. The smallest absolute Gasteiger partial charge is 0.159 e. The highest BCUT2D eigenvalue weighted by Crippen LogP contribution is 2.50. The second kappa shape index (κ2) is 17.1. The van der Waals surface area contributed by atoms with E-state index in [0.717, 1.165) is 56.4 Å². The van der Waals surface area contributed by atoms with Crippen LogP contribution in [0.2, 0.25) is 5.02 Å².